The number of halogens is 4. The first-order valence-electron chi connectivity index (χ1n) is 10.3. The largest absolute Gasteiger partial charge is 0.485 e. The molecule has 1 atom stereocenters. The zero-order valence-electron chi connectivity index (χ0n) is 18.2. The molecule has 9 heteroatoms. The molecule has 34 heavy (non-hydrogen) atoms. The molecule has 178 valence electrons. The van der Waals surface area contributed by atoms with E-state index in [4.69, 9.17) is 4.74 Å². The predicted octanol–water partition coefficient (Wildman–Crippen LogP) is 5.41. The lowest BCUT2D eigenvalue weighted by Crippen LogP contribution is -2.14. The maximum absolute atomic E-state index is 13.9. The van der Waals surface area contributed by atoms with Gasteiger partial charge in [-0.25, -0.2) is 18.2 Å². The predicted molar refractivity (Wildman–Crippen MR) is 123 cm³/mol. The summed E-state index contributed by atoms with van der Waals surface area (Å²) < 4.78 is 48.3. The van der Waals surface area contributed by atoms with E-state index in [2.05, 4.69) is 4.98 Å². The van der Waals surface area contributed by atoms with Gasteiger partial charge in [-0.05, 0) is 48.9 Å². The maximum atomic E-state index is 13.9. The van der Waals surface area contributed by atoms with Crippen LogP contribution in [0.5, 0.6) is 5.75 Å². The van der Waals surface area contributed by atoms with Crippen LogP contribution < -0.4 is 4.74 Å². The Morgan fingerprint density at radius 3 is 2.38 bits per heavy atom. The van der Waals surface area contributed by atoms with Gasteiger partial charge in [0.25, 0.3) is 0 Å². The fourth-order valence-corrected chi connectivity index (χ4v) is 3.77. The molecule has 0 amide bonds. The number of aliphatic hydroxyl groups excluding tert-OH is 1. The summed E-state index contributed by atoms with van der Waals surface area (Å²) in [7, 11) is 0. The lowest BCUT2D eigenvalue weighted by atomic mass is 9.93. The number of aryl methyl sites for hydroxylation is 1. The zero-order valence-corrected chi connectivity index (χ0v) is 19.0. The molecular formula is C25H22ClF3N2O3. The topological polar surface area (TPSA) is 63.8 Å². The summed E-state index contributed by atoms with van der Waals surface area (Å²) in [4.78, 5) is 17.6. The summed E-state index contributed by atoms with van der Waals surface area (Å²) in [6, 6.07) is 12.5. The van der Waals surface area contributed by atoms with E-state index in [1.165, 1.54) is 18.2 Å². The van der Waals surface area contributed by atoms with E-state index in [9.17, 15) is 23.1 Å². The molecular weight excluding hydrogens is 469 g/mol. The van der Waals surface area contributed by atoms with Crippen molar-refractivity contribution in [1.29, 1.82) is 0 Å². The number of aliphatic hydroxyl groups is 1. The van der Waals surface area contributed by atoms with Crippen LogP contribution in [0, 0.1) is 24.4 Å². The summed E-state index contributed by atoms with van der Waals surface area (Å²) in [5, 5.41) is 9.80. The number of Topliss-reactive ketones (excluding diaryl/α,β-unsaturated/α-hetero) is 1. The molecule has 0 aliphatic rings. The average molecular weight is 491 g/mol. The minimum atomic E-state index is -0.715. The molecule has 0 spiro atoms. The van der Waals surface area contributed by atoms with Gasteiger partial charge < -0.3 is 9.84 Å². The van der Waals surface area contributed by atoms with Crippen LogP contribution in [-0.2, 0) is 6.61 Å². The Morgan fingerprint density at radius 1 is 1.06 bits per heavy atom. The van der Waals surface area contributed by atoms with Crippen LogP contribution >= 0.6 is 12.4 Å². The number of carbonyl (C=O) groups is 1. The van der Waals surface area contributed by atoms with Crippen LogP contribution in [0.25, 0.3) is 5.65 Å². The molecule has 0 radical (unpaired) electrons. The Hall–Kier alpha value is -3.36. The third-order valence-corrected chi connectivity index (χ3v) is 5.48. The van der Waals surface area contributed by atoms with Crippen LogP contribution in [0.15, 0.2) is 60.8 Å². The number of ether oxygens (including phenoxy) is 1. The van der Waals surface area contributed by atoms with Crippen molar-refractivity contribution in [3.63, 3.8) is 0 Å². The normalized spacial score (nSPS) is 11.8. The first-order valence-corrected chi connectivity index (χ1v) is 10.3. The van der Waals surface area contributed by atoms with Crippen LogP contribution in [0.1, 0.15) is 39.6 Å². The molecule has 2 aromatic heterocycles. The second-order valence-corrected chi connectivity index (χ2v) is 7.66. The molecule has 0 fully saturated rings. The number of imidazole rings is 1. The number of fused-ring (bicyclic) bond motifs is 1. The summed E-state index contributed by atoms with van der Waals surface area (Å²) in [5.41, 5.74) is 1.54. The van der Waals surface area contributed by atoms with Crippen LogP contribution in [0.3, 0.4) is 0 Å². The van der Waals surface area contributed by atoms with Gasteiger partial charge in [-0.1, -0.05) is 18.2 Å². The average Bonchev–Trinajstić information content (AvgIpc) is 3.14. The van der Waals surface area contributed by atoms with Crippen molar-refractivity contribution in [2.45, 2.75) is 25.9 Å². The van der Waals surface area contributed by atoms with Crippen molar-refractivity contribution in [3.05, 3.63) is 101 Å². The number of nitrogens with zero attached hydrogens (tertiary/aromatic N) is 2. The molecule has 0 aliphatic heterocycles. The molecule has 0 saturated carbocycles. The van der Waals surface area contributed by atoms with E-state index in [1.54, 1.807) is 41.8 Å². The highest BCUT2D eigenvalue weighted by Gasteiger charge is 2.23. The quantitative estimate of drug-likeness (QED) is 0.335. The van der Waals surface area contributed by atoms with Gasteiger partial charge in [0.1, 0.15) is 29.8 Å². The van der Waals surface area contributed by atoms with Gasteiger partial charge in [0.2, 0.25) is 0 Å². The van der Waals surface area contributed by atoms with E-state index in [0.29, 0.717) is 22.6 Å². The van der Waals surface area contributed by atoms with Gasteiger partial charge in [-0.15, -0.1) is 12.4 Å². The first kappa shape index (κ1) is 25.3. The Labute approximate surface area is 200 Å². The molecule has 0 aliphatic carbocycles. The summed E-state index contributed by atoms with van der Waals surface area (Å²) in [5.74, 6) is -2.34. The van der Waals surface area contributed by atoms with Gasteiger partial charge in [0, 0.05) is 18.5 Å². The second-order valence-electron chi connectivity index (χ2n) is 7.66. The smallest absolute Gasteiger partial charge is 0.182 e. The van der Waals surface area contributed by atoms with Crippen molar-refractivity contribution in [3.8, 4) is 5.75 Å². The highest BCUT2D eigenvalue weighted by atomic mass is 35.5. The zero-order chi connectivity index (χ0) is 23.5. The van der Waals surface area contributed by atoms with E-state index in [1.807, 2.05) is 0 Å². The number of carbonyl (C=O) groups excluding carboxylic acids is 1. The molecule has 2 heterocycles. The second kappa shape index (κ2) is 10.7. The summed E-state index contributed by atoms with van der Waals surface area (Å²) >= 11 is 0. The lowest BCUT2D eigenvalue weighted by Gasteiger charge is -2.14. The minimum absolute atomic E-state index is 0. The number of hydrogen-bond acceptors (Lipinski definition) is 4. The summed E-state index contributed by atoms with van der Waals surface area (Å²) in [6.07, 6.45) is 1.63. The van der Waals surface area contributed by atoms with Crippen LogP contribution in [0.2, 0.25) is 0 Å². The Balaban J connectivity index is 0.00000324. The molecule has 1 N–H and O–H groups in total. The van der Waals surface area contributed by atoms with Crippen molar-refractivity contribution >= 4 is 23.8 Å². The first-order chi connectivity index (χ1) is 15.9. The lowest BCUT2D eigenvalue weighted by molar-refractivity contribution is 0.0953. The molecule has 0 unspecified atom stereocenters. The highest BCUT2D eigenvalue weighted by molar-refractivity contribution is 5.97. The standard InChI is InChI=1S/C25H21F3N2O3.ClH/c1-15-24(22(32)12-17(13-31)16-7-9-18(26)10-8-16)30-11-3-6-23(25(30)29-15)33-14-19-20(27)4-2-5-21(19)28;/h2-11,17,31H,12-14H2,1H3;1H/t17-;/m0./s1. The van der Waals surface area contributed by atoms with Crippen molar-refractivity contribution in [1.82, 2.24) is 9.38 Å². The minimum Gasteiger partial charge on any atom is -0.485 e. The fraction of sp³-hybridized carbons (Fsp3) is 0.200. The van der Waals surface area contributed by atoms with Gasteiger partial charge in [0.15, 0.2) is 17.2 Å². The molecule has 0 saturated heterocycles. The van der Waals surface area contributed by atoms with E-state index in [-0.39, 0.29) is 49.1 Å². The van der Waals surface area contributed by atoms with E-state index >= 15 is 0 Å². The number of pyridine rings is 1. The monoisotopic (exact) mass is 490 g/mol. The molecule has 4 aromatic rings. The maximum Gasteiger partial charge on any atom is 0.182 e. The van der Waals surface area contributed by atoms with Gasteiger partial charge >= 0.3 is 0 Å². The Bertz CT molecular complexity index is 1290. The Morgan fingerprint density at radius 2 is 1.74 bits per heavy atom. The third-order valence-electron chi connectivity index (χ3n) is 5.48. The Kier molecular flexibility index (Phi) is 7.96. The number of hydrogen-bond donors (Lipinski definition) is 1. The number of rotatable bonds is 8. The molecule has 5 nitrogen and oxygen atoms in total. The fourth-order valence-electron chi connectivity index (χ4n) is 3.77. The van der Waals surface area contributed by atoms with E-state index < -0.39 is 23.4 Å². The third kappa shape index (κ3) is 5.08. The van der Waals surface area contributed by atoms with Gasteiger partial charge in [0.05, 0.1) is 17.9 Å². The van der Waals surface area contributed by atoms with Crippen molar-refractivity contribution < 1.29 is 27.8 Å². The van der Waals surface area contributed by atoms with Crippen LogP contribution in [0.4, 0.5) is 13.2 Å². The number of benzene rings is 2. The van der Waals surface area contributed by atoms with Crippen molar-refractivity contribution in [2.75, 3.05) is 6.61 Å². The molecule has 4 rings (SSSR count). The van der Waals surface area contributed by atoms with Crippen LogP contribution in [-0.4, -0.2) is 26.9 Å². The van der Waals surface area contributed by atoms with Crippen molar-refractivity contribution in [2.24, 2.45) is 0 Å². The van der Waals surface area contributed by atoms with Gasteiger partial charge in [-0.3, -0.25) is 9.20 Å². The molecule has 2 aromatic carbocycles. The summed E-state index contributed by atoms with van der Waals surface area (Å²) in [6.45, 7) is 1.05. The highest BCUT2D eigenvalue weighted by Crippen LogP contribution is 2.27. The SMILES string of the molecule is Cc1nc2c(OCc3c(F)cccc3F)cccn2c1C(=O)C[C@@H](CO)c1ccc(F)cc1.Cl. The number of ketones is 1. The molecule has 0 bridgehead atoms. The number of aromatic nitrogens is 2. The van der Waals surface area contributed by atoms with Gasteiger partial charge in [-0.2, -0.15) is 0 Å². The van der Waals surface area contributed by atoms with E-state index in [0.717, 1.165) is 12.1 Å².